The fraction of sp³-hybridized carbons (Fsp3) is 0.286. The summed E-state index contributed by atoms with van der Waals surface area (Å²) in [6.07, 6.45) is 1.79. The van der Waals surface area contributed by atoms with Crippen molar-refractivity contribution in [2.75, 3.05) is 40.4 Å². The van der Waals surface area contributed by atoms with Crippen LogP contribution in [0, 0.1) is 0 Å². The molecule has 0 atom stereocenters. The van der Waals surface area contributed by atoms with Gasteiger partial charge in [-0.25, -0.2) is 0 Å². The van der Waals surface area contributed by atoms with Gasteiger partial charge in [0.2, 0.25) is 5.75 Å². The van der Waals surface area contributed by atoms with Gasteiger partial charge in [0.1, 0.15) is 0 Å². The summed E-state index contributed by atoms with van der Waals surface area (Å²) >= 11 is 0. The first-order chi connectivity index (χ1) is 17.1. The summed E-state index contributed by atoms with van der Waals surface area (Å²) in [5.74, 6) is 0.674. The first kappa shape index (κ1) is 22.9. The Morgan fingerprint density at radius 1 is 0.886 bits per heavy atom. The third kappa shape index (κ3) is 4.47. The molecule has 1 aliphatic carbocycles. The molecule has 0 bridgehead atoms. The number of methoxy groups -OCH3 is 2. The van der Waals surface area contributed by atoms with Crippen LogP contribution >= 0.6 is 0 Å². The second-order valence-corrected chi connectivity index (χ2v) is 8.66. The molecule has 0 amide bonds. The highest BCUT2D eigenvalue weighted by Gasteiger charge is 2.33. The third-order valence-corrected chi connectivity index (χ3v) is 6.56. The van der Waals surface area contributed by atoms with Crippen LogP contribution in [0.2, 0.25) is 0 Å². The molecule has 35 heavy (non-hydrogen) atoms. The number of hydrazone groups is 1. The second kappa shape index (κ2) is 9.80. The summed E-state index contributed by atoms with van der Waals surface area (Å²) in [6, 6.07) is 21.3. The summed E-state index contributed by atoms with van der Waals surface area (Å²) in [5.41, 5.74) is 6.26. The molecule has 0 unspecified atom stereocenters. The van der Waals surface area contributed by atoms with Crippen LogP contribution < -0.4 is 14.2 Å². The van der Waals surface area contributed by atoms with Crippen molar-refractivity contribution in [3.63, 3.8) is 0 Å². The van der Waals surface area contributed by atoms with E-state index in [0.717, 1.165) is 31.7 Å². The van der Waals surface area contributed by atoms with Gasteiger partial charge in [-0.3, -0.25) is 14.7 Å². The molecule has 0 aromatic heterocycles. The Bertz CT molecular complexity index is 1190. The van der Waals surface area contributed by atoms with Gasteiger partial charge in [-0.2, -0.15) is 5.10 Å². The van der Waals surface area contributed by atoms with E-state index >= 15 is 0 Å². The standard InChI is InChI=1S/C28H29N3O4/c1-19(32)35-28-25(33-2)16-20(17-26(28)34-3)18-29-31-14-12-30(13-15-31)27-23-10-6-4-8-21(23)22-9-5-7-11-24(22)27/h4-11,16-18,27H,12-15H2,1-3H3/b29-18-. The maximum Gasteiger partial charge on any atom is 0.308 e. The van der Waals surface area contributed by atoms with E-state index in [1.54, 1.807) is 18.3 Å². The number of rotatable bonds is 6. The van der Waals surface area contributed by atoms with Crippen molar-refractivity contribution in [1.82, 2.24) is 9.91 Å². The van der Waals surface area contributed by atoms with Gasteiger partial charge in [0.05, 0.1) is 26.5 Å². The predicted octanol–water partition coefficient (Wildman–Crippen LogP) is 4.35. The summed E-state index contributed by atoms with van der Waals surface area (Å²) in [5, 5.41) is 6.79. The summed E-state index contributed by atoms with van der Waals surface area (Å²) in [4.78, 5) is 14.0. The zero-order valence-corrected chi connectivity index (χ0v) is 20.2. The predicted molar refractivity (Wildman–Crippen MR) is 135 cm³/mol. The fourth-order valence-electron chi connectivity index (χ4n) is 4.97. The average Bonchev–Trinajstić information content (AvgIpc) is 3.22. The van der Waals surface area contributed by atoms with Gasteiger partial charge in [-0.15, -0.1) is 0 Å². The Hall–Kier alpha value is -3.84. The number of carbonyl (C=O) groups excluding carboxylic acids is 1. The van der Waals surface area contributed by atoms with Crippen LogP contribution in [-0.4, -0.2) is 62.5 Å². The lowest BCUT2D eigenvalue weighted by atomic mass is 10.0. The molecule has 3 aromatic carbocycles. The molecule has 1 fully saturated rings. The molecule has 0 radical (unpaired) electrons. The van der Waals surface area contributed by atoms with Crippen LogP contribution in [0.3, 0.4) is 0 Å². The second-order valence-electron chi connectivity index (χ2n) is 8.66. The van der Waals surface area contributed by atoms with Crippen LogP contribution in [0.5, 0.6) is 17.2 Å². The Morgan fingerprint density at radius 3 is 1.94 bits per heavy atom. The fourth-order valence-corrected chi connectivity index (χ4v) is 4.97. The largest absolute Gasteiger partial charge is 0.493 e. The molecule has 0 saturated carbocycles. The number of piperazine rings is 1. The smallest absolute Gasteiger partial charge is 0.308 e. The van der Waals surface area contributed by atoms with E-state index in [-0.39, 0.29) is 11.8 Å². The number of fused-ring (bicyclic) bond motifs is 3. The van der Waals surface area contributed by atoms with Gasteiger partial charge in [0, 0.05) is 38.7 Å². The molecular weight excluding hydrogens is 442 g/mol. The quantitative estimate of drug-likeness (QED) is 0.303. The summed E-state index contributed by atoms with van der Waals surface area (Å²) in [6.45, 7) is 4.84. The molecule has 1 aliphatic heterocycles. The molecule has 0 N–H and O–H groups in total. The van der Waals surface area contributed by atoms with Gasteiger partial charge >= 0.3 is 5.97 Å². The molecule has 1 saturated heterocycles. The molecule has 180 valence electrons. The first-order valence-electron chi connectivity index (χ1n) is 11.7. The van der Waals surface area contributed by atoms with E-state index in [2.05, 4.69) is 58.4 Å². The zero-order chi connectivity index (χ0) is 24.4. The molecule has 7 nitrogen and oxygen atoms in total. The van der Waals surface area contributed by atoms with E-state index in [0.29, 0.717) is 11.5 Å². The van der Waals surface area contributed by atoms with E-state index < -0.39 is 5.97 Å². The molecular formula is C28H29N3O4. The highest BCUT2D eigenvalue weighted by atomic mass is 16.6. The van der Waals surface area contributed by atoms with Crippen LogP contribution in [-0.2, 0) is 4.79 Å². The van der Waals surface area contributed by atoms with E-state index in [1.165, 1.54) is 43.4 Å². The lowest BCUT2D eigenvalue weighted by Crippen LogP contribution is -2.45. The molecule has 5 rings (SSSR count). The monoisotopic (exact) mass is 471 g/mol. The van der Waals surface area contributed by atoms with E-state index in [1.807, 2.05) is 0 Å². The highest BCUT2D eigenvalue weighted by molar-refractivity contribution is 5.83. The average molecular weight is 472 g/mol. The van der Waals surface area contributed by atoms with Crippen LogP contribution in [0.1, 0.15) is 29.7 Å². The highest BCUT2D eigenvalue weighted by Crippen LogP contribution is 2.46. The molecule has 1 heterocycles. The number of ether oxygens (including phenoxy) is 3. The van der Waals surface area contributed by atoms with Gasteiger partial charge in [0.15, 0.2) is 11.5 Å². The van der Waals surface area contributed by atoms with Gasteiger partial charge in [0.25, 0.3) is 0 Å². The Morgan fingerprint density at radius 2 is 1.43 bits per heavy atom. The maximum absolute atomic E-state index is 11.5. The topological polar surface area (TPSA) is 63.6 Å². The van der Waals surface area contributed by atoms with Crippen LogP contribution in [0.15, 0.2) is 65.8 Å². The molecule has 0 spiro atoms. The number of esters is 1. The minimum atomic E-state index is -0.437. The number of hydrogen-bond donors (Lipinski definition) is 0. The normalized spacial score (nSPS) is 15.7. The van der Waals surface area contributed by atoms with Crippen molar-refractivity contribution >= 4 is 12.2 Å². The molecule has 2 aliphatic rings. The zero-order valence-electron chi connectivity index (χ0n) is 20.2. The van der Waals surface area contributed by atoms with Crippen LogP contribution in [0.25, 0.3) is 11.1 Å². The number of hydrogen-bond acceptors (Lipinski definition) is 7. The SMILES string of the molecule is COc1cc(/C=N\N2CCN(C3c4ccccc4-c4ccccc43)CC2)cc(OC)c1OC(C)=O. The first-order valence-corrected chi connectivity index (χ1v) is 11.7. The number of benzene rings is 3. The van der Waals surface area contributed by atoms with Crippen molar-refractivity contribution in [2.45, 2.75) is 13.0 Å². The molecule has 3 aromatic rings. The Balaban J connectivity index is 1.30. The van der Waals surface area contributed by atoms with Crippen molar-refractivity contribution in [1.29, 1.82) is 0 Å². The summed E-state index contributed by atoms with van der Waals surface area (Å²) < 4.78 is 16.1. The Kier molecular flexibility index (Phi) is 6.42. The van der Waals surface area contributed by atoms with Crippen molar-refractivity contribution in [3.05, 3.63) is 77.4 Å². The molecule has 7 heteroatoms. The van der Waals surface area contributed by atoms with E-state index in [9.17, 15) is 4.79 Å². The minimum Gasteiger partial charge on any atom is -0.493 e. The van der Waals surface area contributed by atoms with E-state index in [4.69, 9.17) is 19.3 Å². The lowest BCUT2D eigenvalue weighted by Gasteiger charge is -2.37. The van der Waals surface area contributed by atoms with Gasteiger partial charge in [-0.1, -0.05) is 48.5 Å². The lowest BCUT2D eigenvalue weighted by molar-refractivity contribution is -0.132. The Labute approximate surface area is 205 Å². The van der Waals surface area contributed by atoms with Gasteiger partial charge in [-0.05, 0) is 34.4 Å². The van der Waals surface area contributed by atoms with Crippen molar-refractivity contribution < 1.29 is 19.0 Å². The number of carbonyl (C=O) groups is 1. The third-order valence-electron chi connectivity index (χ3n) is 6.56. The van der Waals surface area contributed by atoms with Crippen LogP contribution in [0.4, 0.5) is 0 Å². The van der Waals surface area contributed by atoms with Crippen molar-refractivity contribution in [2.24, 2.45) is 5.10 Å². The maximum atomic E-state index is 11.5. The number of nitrogens with zero attached hydrogens (tertiary/aromatic N) is 3. The van der Waals surface area contributed by atoms with Gasteiger partial charge < -0.3 is 14.2 Å². The van der Waals surface area contributed by atoms with Crippen molar-refractivity contribution in [3.8, 4) is 28.4 Å². The summed E-state index contributed by atoms with van der Waals surface area (Å²) in [7, 11) is 3.06. The minimum absolute atomic E-state index is 0.269.